The first kappa shape index (κ1) is 21.1. The molecule has 6 rings (SSSR count). The van der Waals surface area contributed by atoms with Crippen molar-refractivity contribution in [1.82, 2.24) is 9.97 Å². The van der Waals surface area contributed by atoms with Crippen LogP contribution in [0.5, 0.6) is 17.2 Å². The third-order valence-corrected chi connectivity index (χ3v) is 7.38. The largest absolute Gasteiger partial charge is 0.493 e. The molecule has 1 aliphatic rings. The molecule has 0 bridgehead atoms. The summed E-state index contributed by atoms with van der Waals surface area (Å²) in [5.41, 5.74) is 8.48. The number of aromatic nitrogens is 2. The Kier molecular flexibility index (Phi) is 5.20. The Morgan fingerprint density at radius 2 is 2.00 bits per heavy atom. The van der Waals surface area contributed by atoms with Crippen molar-refractivity contribution in [2.75, 3.05) is 31.4 Å². The number of hydrogen-bond acceptors (Lipinski definition) is 10. The van der Waals surface area contributed by atoms with Crippen molar-refractivity contribution in [2.45, 2.75) is 0 Å². The Bertz CT molecular complexity index is 1510. The lowest BCUT2D eigenvalue weighted by atomic mass is 10.2. The lowest BCUT2D eigenvalue weighted by Crippen LogP contribution is -2.16. The van der Waals surface area contributed by atoms with E-state index in [2.05, 4.69) is 10.3 Å². The number of ether oxygens (including phenoxy) is 3. The Balaban J connectivity index is 1.28. The third-order valence-electron chi connectivity index (χ3n) is 5.16. The number of benzene rings is 2. The van der Waals surface area contributed by atoms with Gasteiger partial charge in [-0.3, -0.25) is 0 Å². The van der Waals surface area contributed by atoms with E-state index in [0.717, 1.165) is 32.2 Å². The maximum atomic E-state index is 6.24. The van der Waals surface area contributed by atoms with E-state index in [1.807, 2.05) is 35.7 Å². The number of anilines is 3. The second-order valence-electron chi connectivity index (χ2n) is 7.39. The van der Waals surface area contributed by atoms with Gasteiger partial charge in [0.15, 0.2) is 22.4 Å². The number of furan rings is 1. The van der Waals surface area contributed by atoms with E-state index in [-0.39, 0.29) is 0 Å². The number of nitrogens with one attached hydrogen (secondary N) is 1. The molecule has 172 valence electrons. The molecule has 2 aromatic carbocycles. The van der Waals surface area contributed by atoms with Gasteiger partial charge in [-0.2, -0.15) is 0 Å². The van der Waals surface area contributed by atoms with Crippen molar-refractivity contribution in [3.63, 3.8) is 0 Å². The highest BCUT2D eigenvalue weighted by molar-refractivity contribution is 7.23. The van der Waals surface area contributed by atoms with Crippen LogP contribution in [0.15, 0.2) is 46.2 Å². The minimum absolute atomic E-state index is 0.397. The zero-order chi connectivity index (χ0) is 23.2. The second-order valence-corrected chi connectivity index (χ2v) is 9.69. The fourth-order valence-electron chi connectivity index (χ4n) is 3.64. The van der Waals surface area contributed by atoms with Crippen LogP contribution in [-0.2, 0) is 0 Å². The van der Waals surface area contributed by atoms with Gasteiger partial charge in [-0.25, -0.2) is 9.97 Å². The summed E-state index contributed by atoms with van der Waals surface area (Å²) in [6.07, 6.45) is 0. The first-order valence-electron chi connectivity index (χ1n) is 10.2. The maximum absolute atomic E-state index is 6.24. The molecular formula is C23H17ClN4O4S2. The zero-order valence-corrected chi connectivity index (χ0v) is 20.1. The van der Waals surface area contributed by atoms with Crippen molar-refractivity contribution in [3.8, 4) is 38.6 Å². The predicted octanol–water partition coefficient (Wildman–Crippen LogP) is 6.44. The van der Waals surface area contributed by atoms with Gasteiger partial charge >= 0.3 is 0 Å². The number of hydrogen-bond donors (Lipinski definition) is 2. The fraction of sp³-hybridized carbons (Fsp3) is 0.130. The lowest BCUT2D eigenvalue weighted by Gasteiger charge is -2.21. The van der Waals surface area contributed by atoms with Gasteiger partial charge in [0, 0.05) is 33.6 Å². The highest BCUT2D eigenvalue weighted by Crippen LogP contribution is 2.44. The average Bonchev–Trinajstić information content (AvgIpc) is 3.56. The summed E-state index contributed by atoms with van der Waals surface area (Å²) >= 11 is 8.98. The summed E-state index contributed by atoms with van der Waals surface area (Å²) in [5, 5.41) is 8.19. The molecular weight excluding hydrogens is 496 g/mol. The van der Waals surface area contributed by atoms with Crippen molar-refractivity contribution < 1.29 is 18.6 Å². The van der Waals surface area contributed by atoms with Crippen LogP contribution >= 0.6 is 34.3 Å². The molecule has 0 radical (unpaired) electrons. The normalized spacial score (nSPS) is 12.8. The van der Waals surface area contributed by atoms with Gasteiger partial charge in [-0.05, 0) is 24.3 Å². The topological polar surface area (TPSA) is 105 Å². The molecule has 0 fully saturated rings. The number of nitrogens with zero attached hydrogens (tertiary/aromatic N) is 2. The minimum atomic E-state index is 0.397. The summed E-state index contributed by atoms with van der Waals surface area (Å²) in [7, 11) is 1.59. The van der Waals surface area contributed by atoms with Crippen LogP contribution in [0.25, 0.3) is 32.3 Å². The Morgan fingerprint density at radius 1 is 1.12 bits per heavy atom. The molecule has 0 aliphatic carbocycles. The molecule has 11 heteroatoms. The predicted molar refractivity (Wildman–Crippen MR) is 135 cm³/mol. The Hall–Kier alpha value is -3.47. The fourth-order valence-corrected chi connectivity index (χ4v) is 5.63. The average molecular weight is 513 g/mol. The lowest BCUT2D eigenvalue weighted by molar-refractivity contribution is 0.165. The molecule has 3 N–H and O–H groups in total. The van der Waals surface area contributed by atoms with Crippen LogP contribution in [-0.4, -0.2) is 30.3 Å². The quantitative estimate of drug-likeness (QED) is 0.277. The Morgan fingerprint density at radius 3 is 2.88 bits per heavy atom. The monoisotopic (exact) mass is 512 g/mol. The first-order chi connectivity index (χ1) is 16.6. The smallest absolute Gasteiger partial charge is 0.203 e. The van der Waals surface area contributed by atoms with E-state index >= 15 is 0 Å². The number of fused-ring (bicyclic) bond motifs is 2. The molecule has 5 aromatic rings. The molecule has 4 heterocycles. The summed E-state index contributed by atoms with van der Waals surface area (Å²) in [5.74, 6) is 2.87. The van der Waals surface area contributed by atoms with Crippen LogP contribution in [0.1, 0.15) is 0 Å². The van der Waals surface area contributed by atoms with Crippen LogP contribution in [0.4, 0.5) is 16.6 Å². The van der Waals surface area contributed by atoms with Crippen molar-refractivity contribution in [2.24, 2.45) is 0 Å². The van der Waals surface area contributed by atoms with Gasteiger partial charge in [-0.15, -0.1) is 11.3 Å². The zero-order valence-electron chi connectivity index (χ0n) is 17.8. The van der Waals surface area contributed by atoms with Gasteiger partial charge in [0.1, 0.15) is 40.2 Å². The van der Waals surface area contributed by atoms with Gasteiger partial charge in [0.25, 0.3) is 0 Å². The van der Waals surface area contributed by atoms with Gasteiger partial charge in [-0.1, -0.05) is 22.9 Å². The maximum Gasteiger partial charge on any atom is 0.203 e. The molecule has 0 spiro atoms. The van der Waals surface area contributed by atoms with Crippen LogP contribution < -0.4 is 25.3 Å². The Labute approximate surface area is 206 Å². The van der Waals surface area contributed by atoms with Crippen molar-refractivity contribution in [3.05, 3.63) is 46.8 Å². The van der Waals surface area contributed by atoms with E-state index in [1.165, 1.54) is 22.7 Å². The van der Waals surface area contributed by atoms with Gasteiger partial charge in [0.05, 0.1) is 7.11 Å². The number of thiazole rings is 2. The molecule has 1 aliphatic heterocycles. The standard InChI is InChI=1S/C23H17ClN4O4S2/c1-29-17-8-13(9-18-19(17)31-5-4-30-18)26-23-28-21(25)20(34-23)22-27-14(10-33-22)16-7-11-6-12(24)2-3-15(11)32-16/h2-3,6-10H,4-5,25H2,1H3,(H,26,28). The van der Waals surface area contributed by atoms with Gasteiger partial charge < -0.3 is 29.7 Å². The molecule has 0 saturated heterocycles. The molecule has 0 atom stereocenters. The molecule has 0 saturated carbocycles. The van der Waals surface area contributed by atoms with E-state index in [1.54, 1.807) is 13.2 Å². The molecule has 0 amide bonds. The molecule has 0 unspecified atom stereocenters. The SMILES string of the molecule is COc1cc(Nc2nc(N)c(-c3nc(-c4cc5cc(Cl)ccc5o4)cs3)s2)cc2c1OCCO2. The highest BCUT2D eigenvalue weighted by Gasteiger charge is 2.20. The number of rotatable bonds is 5. The highest BCUT2D eigenvalue weighted by atomic mass is 35.5. The van der Waals surface area contributed by atoms with Gasteiger partial charge in [0.2, 0.25) is 5.75 Å². The number of halogens is 1. The van der Waals surface area contributed by atoms with Crippen LogP contribution in [0.2, 0.25) is 5.02 Å². The molecule has 3 aromatic heterocycles. The molecule has 34 heavy (non-hydrogen) atoms. The first-order valence-corrected chi connectivity index (χ1v) is 12.3. The summed E-state index contributed by atoms with van der Waals surface area (Å²) in [6.45, 7) is 0.971. The number of nitrogens with two attached hydrogens (primary N) is 1. The summed E-state index contributed by atoms with van der Waals surface area (Å²) in [4.78, 5) is 9.99. The van der Waals surface area contributed by atoms with E-state index in [4.69, 9.17) is 40.9 Å². The van der Waals surface area contributed by atoms with Crippen molar-refractivity contribution in [1.29, 1.82) is 0 Å². The third kappa shape index (κ3) is 3.79. The van der Waals surface area contributed by atoms with Crippen molar-refractivity contribution >= 4 is 61.9 Å². The van der Waals surface area contributed by atoms with Crippen LogP contribution in [0.3, 0.4) is 0 Å². The number of nitrogen functional groups attached to an aromatic ring is 1. The summed E-state index contributed by atoms with van der Waals surface area (Å²) < 4.78 is 22.8. The minimum Gasteiger partial charge on any atom is -0.493 e. The number of methoxy groups -OCH3 is 1. The second kappa shape index (κ2) is 8.39. The van der Waals surface area contributed by atoms with E-state index < -0.39 is 0 Å². The van der Waals surface area contributed by atoms with E-state index in [9.17, 15) is 0 Å². The summed E-state index contributed by atoms with van der Waals surface area (Å²) in [6, 6.07) is 11.1. The molecule has 8 nitrogen and oxygen atoms in total. The van der Waals surface area contributed by atoms with Crippen LogP contribution in [0, 0.1) is 0 Å². The van der Waals surface area contributed by atoms with E-state index in [0.29, 0.717) is 52.2 Å².